The summed E-state index contributed by atoms with van der Waals surface area (Å²) in [6.07, 6.45) is 6.14. The highest BCUT2D eigenvalue weighted by atomic mass is 16.2. The SMILES string of the molecule is O=C1CCCC1C1CCCN1C(=O)c1ccn[nH]1. The van der Waals surface area contributed by atoms with E-state index in [1.165, 1.54) is 0 Å². The van der Waals surface area contributed by atoms with Crippen molar-refractivity contribution >= 4 is 11.7 Å². The number of carbonyl (C=O) groups is 2. The number of Topliss-reactive ketones (excluding diaryl/α,β-unsaturated/α-hetero) is 1. The number of aromatic amines is 1. The third kappa shape index (κ3) is 1.83. The number of nitrogens with zero attached hydrogens (tertiary/aromatic N) is 2. The Kier molecular flexibility index (Phi) is 2.89. The average molecular weight is 247 g/mol. The number of hydrogen-bond donors (Lipinski definition) is 1. The summed E-state index contributed by atoms with van der Waals surface area (Å²) in [6, 6.07) is 1.80. The number of likely N-dealkylation sites (tertiary alicyclic amines) is 1. The number of H-pyrrole nitrogens is 1. The van der Waals surface area contributed by atoms with Crippen LogP contribution in [-0.4, -0.2) is 39.4 Å². The molecule has 1 aromatic rings. The van der Waals surface area contributed by atoms with Gasteiger partial charge in [-0.2, -0.15) is 5.10 Å². The van der Waals surface area contributed by atoms with Crippen molar-refractivity contribution < 1.29 is 9.59 Å². The van der Waals surface area contributed by atoms with E-state index in [9.17, 15) is 9.59 Å². The second-order valence-electron chi connectivity index (χ2n) is 5.14. The predicted octanol–water partition coefficient (Wildman–Crippen LogP) is 1.38. The molecule has 1 aliphatic heterocycles. The van der Waals surface area contributed by atoms with Gasteiger partial charge >= 0.3 is 0 Å². The fourth-order valence-electron chi connectivity index (χ4n) is 3.24. The normalized spacial score (nSPS) is 28.0. The fraction of sp³-hybridized carbons (Fsp3) is 0.615. The molecule has 2 unspecified atom stereocenters. The third-order valence-corrected chi connectivity index (χ3v) is 4.11. The van der Waals surface area contributed by atoms with E-state index in [0.717, 1.165) is 32.2 Å². The molecule has 1 aliphatic carbocycles. The maximum absolute atomic E-state index is 12.3. The molecule has 5 heteroatoms. The van der Waals surface area contributed by atoms with Gasteiger partial charge in [-0.15, -0.1) is 0 Å². The van der Waals surface area contributed by atoms with E-state index in [2.05, 4.69) is 10.2 Å². The van der Waals surface area contributed by atoms with Crippen molar-refractivity contribution in [1.29, 1.82) is 0 Å². The van der Waals surface area contributed by atoms with Crippen LogP contribution in [0, 0.1) is 5.92 Å². The molecule has 1 saturated carbocycles. The molecule has 1 aromatic heterocycles. The zero-order valence-corrected chi connectivity index (χ0v) is 10.3. The van der Waals surface area contributed by atoms with Crippen molar-refractivity contribution in [3.8, 4) is 0 Å². The van der Waals surface area contributed by atoms with Crippen LogP contribution in [-0.2, 0) is 4.79 Å². The summed E-state index contributed by atoms with van der Waals surface area (Å²) >= 11 is 0. The summed E-state index contributed by atoms with van der Waals surface area (Å²) in [6.45, 7) is 0.756. The van der Waals surface area contributed by atoms with Gasteiger partial charge in [0.2, 0.25) is 0 Å². The Morgan fingerprint density at radius 2 is 2.28 bits per heavy atom. The molecule has 1 saturated heterocycles. The monoisotopic (exact) mass is 247 g/mol. The summed E-state index contributed by atoms with van der Waals surface area (Å²) in [5.41, 5.74) is 0.521. The summed E-state index contributed by atoms with van der Waals surface area (Å²) in [7, 11) is 0. The Hall–Kier alpha value is -1.65. The molecule has 0 bridgehead atoms. The second-order valence-corrected chi connectivity index (χ2v) is 5.14. The lowest BCUT2D eigenvalue weighted by atomic mass is 9.95. The lowest BCUT2D eigenvalue weighted by Gasteiger charge is -2.28. The Balaban J connectivity index is 1.79. The number of carbonyl (C=O) groups excluding carboxylic acids is 2. The quantitative estimate of drug-likeness (QED) is 0.858. The summed E-state index contributed by atoms with van der Waals surface area (Å²) in [5, 5.41) is 6.52. The van der Waals surface area contributed by atoms with Crippen molar-refractivity contribution in [2.24, 2.45) is 5.92 Å². The van der Waals surface area contributed by atoms with Crippen LogP contribution >= 0.6 is 0 Å². The second kappa shape index (κ2) is 4.55. The summed E-state index contributed by atoms with van der Waals surface area (Å²) < 4.78 is 0. The van der Waals surface area contributed by atoms with E-state index in [0.29, 0.717) is 17.9 Å². The minimum absolute atomic E-state index is 0.0188. The summed E-state index contributed by atoms with van der Waals surface area (Å²) in [5.74, 6) is 0.387. The molecule has 0 aromatic carbocycles. The molecule has 5 nitrogen and oxygen atoms in total. The van der Waals surface area contributed by atoms with E-state index < -0.39 is 0 Å². The average Bonchev–Trinajstić information content (AvgIpc) is 3.09. The largest absolute Gasteiger partial charge is 0.334 e. The third-order valence-electron chi connectivity index (χ3n) is 4.11. The molecular weight excluding hydrogens is 230 g/mol. The van der Waals surface area contributed by atoms with Crippen molar-refractivity contribution in [2.45, 2.75) is 38.1 Å². The topological polar surface area (TPSA) is 66.1 Å². The van der Waals surface area contributed by atoms with Gasteiger partial charge in [-0.3, -0.25) is 14.7 Å². The van der Waals surface area contributed by atoms with Crippen LogP contribution in [0.15, 0.2) is 12.3 Å². The molecule has 2 atom stereocenters. The predicted molar refractivity (Wildman–Crippen MR) is 65.0 cm³/mol. The number of hydrogen-bond acceptors (Lipinski definition) is 3. The number of ketones is 1. The van der Waals surface area contributed by atoms with Crippen LogP contribution in [0.5, 0.6) is 0 Å². The summed E-state index contributed by atoms with van der Waals surface area (Å²) in [4.78, 5) is 26.0. The molecule has 2 heterocycles. The first-order chi connectivity index (χ1) is 8.77. The fourth-order valence-corrected chi connectivity index (χ4v) is 3.24. The number of aromatic nitrogens is 2. The number of nitrogens with one attached hydrogen (secondary N) is 1. The molecule has 18 heavy (non-hydrogen) atoms. The van der Waals surface area contributed by atoms with Gasteiger partial charge in [-0.25, -0.2) is 0 Å². The van der Waals surface area contributed by atoms with E-state index in [-0.39, 0.29) is 17.9 Å². The number of amides is 1. The van der Waals surface area contributed by atoms with Gasteiger partial charge in [0, 0.05) is 31.1 Å². The minimum atomic E-state index is -0.0188. The van der Waals surface area contributed by atoms with Gasteiger partial charge in [-0.1, -0.05) is 0 Å². The van der Waals surface area contributed by atoms with E-state index in [4.69, 9.17) is 0 Å². The van der Waals surface area contributed by atoms with E-state index in [1.54, 1.807) is 12.3 Å². The van der Waals surface area contributed by atoms with Crippen LogP contribution in [0.2, 0.25) is 0 Å². The van der Waals surface area contributed by atoms with Gasteiger partial charge < -0.3 is 4.90 Å². The highest BCUT2D eigenvalue weighted by Gasteiger charge is 2.40. The molecule has 0 radical (unpaired) electrons. The maximum Gasteiger partial charge on any atom is 0.272 e. The van der Waals surface area contributed by atoms with Gasteiger partial charge in [-0.05, 0) is 31.7 Å². The van der Waals surface area contributed by atoms with Crippen LogP contribution in [0.4, 0.5) is 0 Å². The van der Waals surface area contributed by atoms with Gasteiger partial charge in [0.15, 0.2) is 0 Å². The first-order valence-corrected chi connectivity index (χ1v) is 6.60. The van der Waals surface area contributed by atoms with E-state index >= 15 is 0 Å². The van der Waals surface area contributed by atoms with E-state index in [1.807, 2.05) is 4.90 Å². The van der Waals surface area contributed by atoms with Gasteiger partial charge in [0.25, 0.3) is 5.91 Å². The molecule has 1 amide bonds. The van der Waals surface area contributed by atoms with Gasteiger partial charge in [0.05, 0.1) is 0 Å². The standard InChI is InChI=1S/C13H17N3O2/c17-12-5-1-3-9(12)11-4-2-8-16(11)13(18)10-6-7-14-15-10/h6-7,9,11H,1-5,8H2,(H,14,15). The van der Waals surface area contributed by atoms with Crippen molar-refractivity contribution in [3.63, 3.8) is 0 Å². The molecule has 3 rings (SSSR count). The molecular formula is C13H17N3O2. The Bertz CT molecular complexity index is 455. The first-order valence-electron chi connectivity index (χ1n) is 6.60. The Morgan fingerprint density at radius 1 is 1.39 bits per heavy atom. The Morgan fingerprint density at radius 3 is 2.94 bits per heavy atom. The van der Waals surface area contributed by atoms with Crippen molar-refractivity contribution in [2.75, 3.05) is 6.54 Å². The first kappa shape index (κ1) is 11.4. The van der Waals surface area contributed by atoms with Crippen LogP contribution in [0.25, 0.3) is 0 Å². The smallest absolute Gasteiger partial charge is 0.272 e. The lowest BCUT2D eigenvalue weighted by Crippen LogP contribution is -2.41. The lowest BCUT2D eigenvalue weighted by molar-refractivity contribution is -0.121. The van der Waals surface area contributed by atoms with Crippen molar-refractivity contribution in [1.82, 2.24) is 15.1 Å². The highest BCUT2D eigenvalue weighted by Crippen LogP contribution is 2.33. The molecule has 2 aliphatic rings. The minimum Gasteiger partial charge on any atom is -0.334 e. The zero-order chi connectivity index (χ0) is 12.5. The molecule has 96 valence electrons. The molecule has 2 fully saturated rings. The zero-order valence-electron chi connectivity index (χ0n) is 10.3. The van der Waals surface area contributed by atoms with Crippen LogP contribution in [0.1, 0.15) is 42.6 Å². The van der Waals surface area contributed by atoms with Crippen LogP contribution < -0.4 is 0 Å². The van der Waals surface area contributed by atoms with Gasteiger partial charge in [0.1, 0.15) is 11.5 Å². The molecule has 0 spiro atoms. The number of rotatable bonds is 2. The molecule has 1 N–H and O–H groups in total. The Labute approximate surface area is 106 Å². The maximum atomic E-state index is 12.3. The highest BCUT2D eigenvalue weighted by molar-refractivity contribution is 5.93. The van der Waals surface area contributed by atoms with Crippen LogP contribution in [0.3, 0.4) is 0 Å². The van der Waals surface area contributed by atoms with Crippen molar-refractivity contribution in [3.05, 3.63) is 18.0 Å².